The van der Waals surface area contributed by atoms with Crippen LogP contribution in [0.15, 0.2) is 36.7 Å². The van der Waals surface area contributed by atoms with Gasteiger partial charge in [-0.25, -0.2) is 4.98 Å². The third-order valence-corrected chi connectivity index (χ3v) is 2.83. The molecule has 0 aliphatic carbocycles. The predicted octanol–water partition coefficient (Wildman–Crippen LogP) is 3.39. The third kappa shape index (κ3) is 2.87. The largest absolute Gasteiger partial charge is 0.385 e. The van der Waals surface area contributed by atoms with Gasteiger partial charge in [-0.2, -0.15) is 0 Å². The molecule has 0 aliphatic heterocycles. The summed E-state index contributed by atoms with van der Waals surface area (Å²) in [5.41, 5.74) is 2.33. The Kier molecular flexibility index (Phi) is 3.81. The molecule has 1 N–H and O–H groups in total. The fourth-order valence-electron chi connectivity index (χ4n) is 1.80. The maximum atomic E-state index is 4.22. The van der Waals surface area contributed by atoms with Crippen LogP contribution in [-0.2, 0) is 0 Å². The lowest BCUT2D eigenvalue weighted by atomic mass is 10.2. The van der Waals surface area contributed by atoms with Gasteiger partial charge in [0, 0.05) is 30.3 Å². The fraction of sp³-hybridized carbons (Fsp3) is 0.357. The molecule has 1 heterocycles. The van der Waals surface area contributed by atoms with Crippen LogP contribution in [-0.4, -0.2) is 16.1 Å². The zero-order valence-corrected chi connectivity index (χ0v) is 10.5. The van der Waals surface area contributed by atoms with Gasteiger partial charge in [0.05, 0.1) is 0 Å². The summed E-state index contributed by atoms with van der Waals surface area (Å²) in [6.45, 7) is 5.25. The maximum Gasteiger partial charge on any atom is 0.110 e. The molecule has 3 heteroatoms. The molecule has 0 amide bonds. The molecule has 90 valence electrons. The fourth-order valence-corrected chi connectivity index (χ4v) is 1.80. The van der Waals surface area contributed by atoms with Crippen molar-refractivity contribution in [2.75, 3.05) is 11.9 Å². The van der Waals surface area contributed by atoms with Gasteiger partial charge in [0.1, 0.15) is 5.82 Å². The number of hydrogen-bond acceptors (Lipinski definition) is 2. The molecule has 0 saturated carbocycles. The van der Waals surface area contributed by atoms with Crippen molar-refractivity contribution in [2.45, 2.75) is 26.7 Å². The average molecular weight is 229 g/mol. The van der Waals surface area contributed by atoms with Gasteiger partial charge in [0.25, 0.3) is 0 Å². The summed E-state index contributed by atoms with van der Waals surface area (Å²) >= 11 is 0. The van der Waals surface area contributed by atoms with E-state index < -0.39 is 0 Å². The van der Waals surface area contributed by atoms with Crippen LogP contribution in [0.2, 0.25) is 0 Å². The number of aromatic nitrogens is 2. The number of rotatable bonds is 5. The Morgan fingerprint density at radius 3 is 2.59 bits per heavy atom. The number of nitrogens with one attached hydrogen (secondary N) is 1. The van der Waals surface area contributed by atoms with E-state index in [4.69, 9.17) is 0 Å². The molecule has 0 aliphatic rings. The van der Waals surface area contributed by atoms with Crippen LogP contribution in [0.1, 0.15) is 25.6 Å². The van der Waals surface area contributed by atoms with Crippen molar-refractivity contribution in [3.63, 3.8) is 0 Å². The summed E-state index contributed by atoms with van der Waals surface area (Å²) in [6, 6.07) is 8.46. The summed E-state index contributed by atoms with van der Waals surface area (Å²) in [5, 5.41) is 3.41. The summed E-state index contributed by atoms with van der Waals surface area (Å²) in [6.07, 6.45) is 6.24. The minimum absolute atomic E-state index is 1.01. The molecule has 17 heavy (non-hydrogen) atoms. The lowest BCUT2D eigenvalue weighted by Crippen LogP contribution is -2.01. The number of nitrogens with zero attached hydrogens (tertiary/aromatic N) is 2. The van der Waals surface area contributed by atoms with E-state index in [1.165, 1.54) is 18.5 Å². The van der Waals surface area contributed by atoms with Crippen molar-refractivity contribution in [3.8, 4) is 5.69 Å². The quantitative estimate of drug-likeness (QED) is 0.796. The van der Waals surface area contributed by atoms with Crippen LogP contribution in [0, 0.1) is 6.92 Å². The zero-order valence-electron chi connectivity index (χ0n) is 10.5. The monoisotopic (exact) mass is 229 g/mol. The van der Waals surface area contributed by atoms with Crippen LogP contribution in [0.25, 0.3) is 5.69 Å². The van der Waals surface area contributed by atoms with Gasteiger partial charge in [-0.3, -0.25) is 0 Å². The van der Waals surface area contributed by atoms with Crippen molar-refractivity contribution < 1.29 is 0 Å². The molecule has 0 radical (unpaired) electrons. The van der Waals surface area contributed by atoms with Gasteiger partial charge in [-0.15, -0.1) is 0 Å². The van der Waals surface area contributed by atoms with E-state index in [0.717, 1.165) is 18.1 Å². The topological polar surface area (TPSA) is 29.9 Å². The van der Waals surface area contributed by atoms with E-state index in [0.29, 0.717) is 0 Å². The van der Waals surface area contributed by atoms with Crippen LogP contribution in [0.5, 0.6) is 0 Å². The molecule has 0 saturated heterocycles. The van der Waals surface area contributed by atoms with Crippen LogP contribution in [0.3, 0.4) is 0 Å². The van der Waals surface area contributed by atoms with E-state index in [1.807, 2.05) is 19.3 Å². The molecule has 1 aromatic carbocycles. The van der Waals surface area contributed by atoms with Crippen molar-refractivity contribution in [1.82, 2.24) is 9.55 Å². The number of unbranched alkanes of at least 4 members (excludes halogenated alkanes) is 1. The van der Waals surface area contributed by atoms with Crippen LogP contribution < -0.4 is 5.32 Å². The number of imidazole rings is 1. The average Bonchev–Trinajstić information content (AvgIpc) is 2.77. The number of anilines is 1. The second-order valence-electron chi connectivity index (χ2n) is 4.17. The van der Waals surface area contributed by atoms with Gasteiger partial charge in [0.2, 0.25) is 0 Å². The highest BCUT2D eigenvalue weighted by Gasteiger charge is 1.99. The Morgan fingerprint density at radius 1 is 1.24 bits per heavy atom. The van der Waals surface area contributed by atoms with Crippen molar-refractivity contribution >= 4 is 5.69 Å². The van der Waals surface area contributed by atoms with Gasteiger partial charge in [-0.1, -0.05) is 13.3 Å². The van der Waals surface area contributed by atoms with Gasteiger partial charge in [-0.05, 0) is 37.6 Å². The molecular weight excluding hydrogens is 210 g/mol. The lowest BCUT2D eigenvalue weighted by molar-refractivity contribution is 0.834. The SMILES string of the molecule is CCCCNc1ccc(-n2ccnc2C)cc1. The smallest absolute Gasteiger partial charge is 0.110 e. The first-order valence-electron chi connectivity index (χ1n) is 6.15. The summed E-state index contributed by atoms with van der Waals surface area (Å²) in [4.78, 5) is 4.22. The van der Waals surface area contributed by atoms with E-state index in [1.54, 1.807) is 0 Å². The Bertz CT molecular complexity index is 457. The maximum absolute atomic E-state index is 4.22. The van der Waals surface area contributed by atoms with Gasteiger partial charge < -0.3 is 9.88 Å². The lowest BCUT2D eigenvalue weighted by Gasteiger charge is -2.08. The normalized spacial score (nSPS) is 10.5. The highest BCUT2D eigenvalue weighted by atomic mass is 15.1. The molecule has 1 aromatic heterocycles. The van der Waals surface area contributed by atoms with Gasteiger partial charge in [0.15, 0.2) is 0 Å². The van der Waals surface area contributed by atoms with E-state index in [-0.39, 0.29) is 0 Å². The third-order valence-electron chi connectivity index (χ3n) is 2.83. The van der Waals surface area contributed by atoms with Crippen molar-refractivity contribution in [3.05, 3.63) is 42.5 Å². The molecule has 0 spiro atoms. The van der Waals surface area contributed by atoms with Gasteiger partial charge >= 0.3 is 0 Å². The molecule has 3 nitrogen and oxygen atoms in total. The Balaban J connectivity index is 2.06. The first-order valence-corrected chi connectivity index (χ1v) is 6.15. The van der Waals surface area contributed by atoms with Crippen LogP contribution >= 0.6 is 0 Å². The number of hydrogen-bond donors (Lipinski definition) is 1. The highest BCUT2D eigenvalue weighted by molar-refractivity contribution is 5.48. The second kappa shape index (κ2) is 5.53. The Morgan fingerprint density at radius 2 is 2.00 bits per heavy atom. The molecule has 0 fully saturated rings. The molecule has 2 aromatic rings. The Labute approximate surface area is 103 Å². The van der Waals surface area contributed by atoms with E-state index >= 15 is 0 Å². The molecule has 0 bridgehead atoms. The second-order valence-corrected chi connectivity index (χ2v) is 4.17. The first kappa shape index (κ1) is 11.7. The summed E-state index contributed by atoms with van der Waals surface area (Å²) < 4.78 is 2.08. The minimum Gasteiger partial charge on any atom is -0.385 e. The molecule has 2 rings (SSSR count). The van der Waals surface area contributed by atoms with Crippen molar-refractivity contribution in [1.29, 1.82) is 0 Å². The molecule has 0 atom stereocenters. The number of aryl methyl sites for hydroxylation is 1. The first-order chi connectivity index (χ1) is 8.31. The minimum atomic E-state index is 1.01. The number of benzene rings is 1. The summed E-state index contributed by atoms with van der Waals surface area (Å²) in [7, 11) is 0. The molecule has 0 unspecified atom stereocenters. The molecular formula is C14H19N3. The van der Waals surface area contributed by atoms with E-state index in [2.05, 4.69) is 46.1 Å². The van der Waals surface area contributed by atoms with E-state index in [9.17, 15) is 0 Å². The predicted molar refractivity (Wildman–Crippen MR) is 71.7 cm³/mol. The summed E-state index contributed by atoms with van der Waals surface area (Å²) in [5.74, 6) is 1.01. The van der Waals surface area contributed by atoms with Crippen LogP contribution in [0.4, 0.5) is 5.69 Å². The highest BCUT2D eigenvalue weighted by Crippen LogP contribution is 2.14. The van der Waals surface area contributed by atoms with Crippen molar-refractivity contribution in [2.24, 2.45) is 0 Å². The Hall–Kier alpha value is -1.77. The standard InChI is InChI=1S/C14H19N3/c1-3-4-9-16-13-5-7-14(8-6-13)17-11-10-15-12(17)2/h5-8,10-11,16H,3-4,9H2,1-2H3. The zero-order chi connectivity index (χ0) is 12.1.